The van der Waals surface area contributed by atoms with E-state index in [-0.39, 0.29) is 17.9 Å². The molecular weight excluding hydrogens is 286 g/mol. The summed E-state index contributed by atoms with van der Waals surface area (Å²) in [6.07, 6.45) is 0.378. The third-order valence-electron chi connectivity index (χ3n) is 2.28. The van der Waals surface area contributed by atoms with Gasteiger partial charge in [0.15, 0.2) is 0 Å². The zero-order valence-electron chi connectivity index (χ0n) is 10.1. The molecule has 6 nitrogen and oxygen atoms in total. The van der Waals surface area contributed by atoms with E-state index in [1.165, 1.54) is 12.1 Å². The van der Waals surface area contributed by atoms with Crippen molar-refractivity contribution in [1.29, 1.82) is 0 Å². The summed E-state index contributed by atoms with van der Waals surface area (Å²) in [7, 11) is -3.62. The Morgan fingerprint density at radius 2 is 1.79 bits per heavy atom. The molecule has 0 saturated carbocycles. The van der Waals surface area contributed by atoms with Crippen LogP contribution >= 0.6 is 12.2 Å². The quantitative estimate of drug-likeness (QED) is 0.596. The van der Waals surface area contributed by atoms with Crippen LogP contribution in [0.2, 0.25) is 0 Å². The number of carbonyl (C=O) groups excluding carboxylic acids is 1. The van der Waals surface area contributed by atoms with Crippen molar-refractivity contribution >= 4 is 33.1 Å². The molecule has 0 aliphatic rings. The van der Waals surface area contributed by atoms with Crippen LogP contribution in [0.15, 0.2) is 29.2 Å². The van der Waals surface area contributed by atoms with Gasteiger partial charge in [0.05, 0.1) is 9.88 Å². The van der Waals surface area contributed by atoms with Crippen LogP contribution in [0.5, 0.6) is 0 Å². The molecule has 104 valence electrons. The number of sulfonamides is 1. The van der Waals surface area contributed by atoms with Crippen molar-refractivity contribution in [2.45, 2.75) is 17.7 Å². The van der Waals surface area contributed by atoms with Crippen molar-refractivity contribution in [2.75, 3.05) is 6.54 Å². The standard InChI is InChI=1S/C11H15N3O3S2/c12-10(15)5-6-14-19(16,17)9-3-1-8(2-4-9)7-11(13)18/h1-4,14H,5-7H2,(H2,12,15)(H2,13,18). The third-order valence-corrected chi connectivity index (χ3v) is 3.90. The highest BCUT2D eigenvalue weighted by molar-refractivity contribution is 7.89. The summed E-state index contributed by atoms with van der Waals surface area (Å²) in [4.78, 5) is 11.0. The van der Waals surface area contributed by atoms with Crippen LogP contribution in [-0.4, -0.2) is 25.9 Å². The van der Waals surface area contributed by atoms with Crippen molar-refractivity contribution in [3.63, 3.8) is 0 Å². The minimum atomic E-state index is -3.62. The topological polar surface area (TPSA) is 115 Å². The number of rotatable bonds is 7. The van der Waals surface area contributed by atoms with Gasteiger partial charge < -0.3 is 11.5 Å². The monoisotopic (exact) mass is 301 g/mol. The average Bonchev–Trinajstić information content (AvgIpc) is 2.28. The van der Waals surface area contributed by atoms with Gasteiger partial charge in [-0.15, -0.1) is 0 Å². The maximum absolute atomic E-state index is 11.8. The molecule has 1 aromatic rings. The normalized spacial score (nSPS) is 11.2. The Morgan fingerprint density at radius 1 is 1.21 bits per heavy atom. The molecule has 0 atom stereocenters. The highest BCUT2D eigenvalue weighted by atomic mass is 32.2. The van der Waals surface area contributed by atoms with Gasteiger partial charge in [-0.1, -0.05) is 24.4 Å². The summed E-state index contributed by atoms with van der Waals surface area (Å²) in [5, 5.41) is 0. The summed E-state index contributed by atoms with van der Waals surface area (Å²) >= 11 is 4.77. The lowest BCUT2D eigenvalue weighted by molar-refractivity contribution is -0.117. The van der Waals surface area contributed by atoms with E-state index < -0.39 is 15.9 Å². The van der Waals surface area contributed by atoms with Gasteiger partial charge >= 0.3 is 0 Å². The van der Waals surface area contributed by atoms with E-state index >= 15 is 0 Å². The molecule has 1 rings (SSSR count). The zero-order chi connectivity index (χ0) is 14.5. The van der Waals surface area contributed by atoms with E-state index in [0.29, 0.717) is 11.4 Å². The molecule has 0 aliphatic heterocycles. The molecule has 0 spiro atoms. The van der Waals surface area contributed by atoms with E-state index in [0.717, 1.165) is 5.56 Å². The number of hydrogen-bond donors (Lipinski definition) is 3. The minimum absolute atomic E-state index is 0.0215. The van der Waals surface area contributed by atoms with Gasteiger partial charge in [0.2, 0.25) is 15.9 Å². The van der Waals surface area contributed by atoms with Crippen LogP contribution in [0, 0.1) is 0 Å². The van der Waals surface area contributed by atoms with Crippen molar-refractivity contribution in [3.8, 4) is 0 Å². The minimum Gasteiger partial charge on any atom is -0.393 e. The molecule has 1 aromatic carbocycles. The summed E-state index contributed by atoms with van der Waals surface area (Å²) in [6, 6.07) is 6.20. The number of hydrogen-bond acceptors (Lipinski definition) is 4. The molecule has 1 amide bonds. The summed E-state index contributed by atoms with van der Waals surface area (Å²) in [5.74, 6) is -0.561. The Bertz CT molecular complexity index is 567. The molecule has 0 bridgehead atoms. The molecule has 0 heterocycles. The molecule has 0 saturated heterocycles. The maximum atomic E-state index is 11.8. The molecule has 0 fully saturated rings. The Balaban J connectivity index is 2.73. The van der Waals surface area contributed by atoms with E-state index in [2.05, 4.69) is 4.72 Å². The Morgan fingerprint density at radius 3 is 2.26 bits per heavy atom. The first-order valence-electron chi connectivity index (χ1n) is 5.46. The second-order valence-corrected chi connectivity index (χ2v) is 6.19. The lowest BCUT2D eigenvalue weighted by Gasteiger charge is -2.06. The molecular formula is C11H15N3O3S2. The zero-order valence-corrected chi connectivity index (χ0v) is 11.8. The van der Waals surface area contributed by atoms with Gasteiger partial charge in [-0.25, -0.2) is 13.1 Å². The van der Waals surface area contributed by atoms with Crippen LogP contribution in [0.3, 0.4) is 0 Å². The van der Waals surface area contributed by atoms with Crippen LogP contribution in [0.1, 0.15) is 12.0 Å². The lowest BCUT2D eigenvalue weighted by Crippen LogP contribution is -2.28. The number of amides is 1. The van der Waals surface area contributed by atoms with Gasteiger partial charge in [-0.05, 0) is 17.7 Å². The number of primary amides is 1. The highest BCUT2D eigenvalue weighted by Crippen LogP contribution is 2.11. The molecule has 8 heteroatoms. The first-order chi connectivity index (χ1) is 8.81. The molecule has 5 N–H and O–H groups in total. The van der Waals surface area contributed by atoms with Crippen molar-refractivity contribution in [1.82, 2.24) is 4.72 Å². The first-order valence-corrected chi connectivity index (χ1v) is 7.35. The van der Waals surface area contributed by atoms with Crippen LogP contribution in [0.25, 0.3) is 0 Å². The third kappa shape index (κ3) is 5.33. The molecule has 0 radical (unpaired) electrons. The summed E-state index contributed by atoms with van der Waals surface area (Å²) in [5.41, 5.74) is 11.2. The van der Waals surface area contributed by atoms with E-state index in [1.54, 1.807) is 12.1 Å². The Hall–Kier alpha value is -1.51. The second kappa shape index (κ2) is 6.60. The highest BCUT2D eigenvalue weighted by Gasteiger charge is 2.13. The summed E-state index contributed by atoms with van der Waals surface area (Å²) < 4.78 is 26.0. The number of nitrogens with two attached hydrogens (primary N) is 2. The SMILES string of the molecule is NC(=O)CCNS(=O)(=O)c1ccc(CC(N)=S)cc1. The number of benzene rings is 1. The van der Waals surface area contributed by atoms with Gasteiger partial charge in [-0.2, -0.15) is 0 Å². The van der Waals surface area contributed by atoms with E-state index in [1.807, 2.05) is 0 Å². The van der Waals surface area contributed by atoms with E-state index in [4.69, 9.17) is 23.7 Å². The number of nitrogens with one attached hydrogen (secondary N) is 1. The fourth-order valence-corrected chi connectivity index (χ4v) is 2.58. The fourth-order valence-electron chi connectivity index (χ4n) is 1.38. The van der Waals surface area contributed by atoms with Crippen molar-refractivity contribution < 1.29 is 13.2 Å². The van der Waals surface area contributed by atoms with Crippen LogP contribution < -0.4 is 16.2 Å². The van der Waals surface area contributed by atoms with Gasteiger partial charge in [-0.3, -0.25) is 4.79 Å². The summed E-state index contributed by atoms with van der Waals surface area (Å²) in [6.45, 7) is -0.0215. The predicted molar refractivity (Wildman–Crippen MR) is 75.9 cm³/mol. The van der Waals surface area contributed by atoms with Crippen LogP contribution in [-0.2, 0) is 21.2 Å². The smallest absolute Gasteiger partial charge is 0.240 e. The largest absolute Gasteiger partial charge is 0.393 e. The molecule has 0 unspecified atom stereocenters. The van der Waals surface area contributed by atoms with Gasteiger partial charge in [0.25, 0.3) is 0 Å². The first kappa shape index (κ1) is 15.5. The Kier molecular flexibility index (Phi) is 5.40. The predicted octanol–water partition coefficient (Wildman–Crippen LogP) is -0.331. The maximum Gasteiger partial charge on any atom is 0.240 e. The molecule has 0 aliphatic carbocycles. The average molecular weight is 301 g/mol. The number of thiocarbonyl (C=S) groups is 1. The van der Waals surface area contributed by atoms with E-state index in [9.17, 15) is 13.2 Å². The fraction of sp³-hybridized carbons (Fsp3) is 0.273. The Labute approximate surface area is 117 Å². The molecule has 19 heavy (non-hydrogen) atoms. The van der Waals surface area contributed by atoms with Gasteiger partial charge in [0, 0.05) is 19.4 Å². The number of carbonyl (C=O) groups is 1. The molecule has 0 aromatic heterocycles. The lowest BCUT2D eigenvalue weighted by atomic mass is 10.1. The van der Waals surface area contributed by atoms with Gasteiger partial charge in [0.1, 0.15) is 0 Å². The van der Waals surface area contributed by atoms with Crippen LogP contribution in [0.4, 0.5) is 0 Å². The second-order valence-electron chi connectivity index (χ2n) is 3.90. The van der Waals surface area contributed by atoms with Crippen molar-refractivity contribution in [2.24, 2.45) is 11.5 Å². The van der Waals surface area contributed by atoms with Crippen molar-refractivity contribution in [3.05, 3.63) is 29.8 Å².